The van der Waals surface area contributed by atoms with Gasteiger partial charge in [-0.05, 0) is 30.0 Å². The Morgan fingerprint density at radius 3 is 2.67 bits per heavy atom. The summed E-state index contributed by atoms with van der Waals surface area (Å²) in [6.45, 7) is 0.404. The Labute approximate surface area is 126 Å². The van der Waals surface area contributed by atoms with E-state index in [1.807, 2.05) is 5.38 Å². The fraction of sp³-hybridized carbons (Fsp3) is 0.200. The molecule has 1 aromatic heterocycles. The summed E-state index contributed by atoms with van der Waals surface area (Å²) in [7, 11) is 0. The molecule has 0 radical (unpaired) electrons. The molecule has 2 amide bonds. The maximum Gasteiger partial charge on any atom is 0.261 e. The van der Waals surface area contributed by atoms with Gasteiger partial charge in [-0.1, -0.05) is 18.2 Å². The van der Waals surface area contributed by atoms with E-state index in [1.54, 1.807) is 24.3 Å². The molecule has 2 N–H and O–H groups in total. The minimum atomic E-state index is -0.461. The molecule has 0 aliphatic rings. The molecule has 0 bridgehead atoms. The summed E-state index contributed by atoms with van der Waals surface area (Å²) in [5.41, 5.74) is 0.171. The van der Waals surface area contributed by atoms with Gasteiger partial charge in [0.25, 0.3) is 5.91 Å². The minimum Gasteiger partial charge on any atom is -0.351 e. The predicted molar refractivity (Wildman–Crippen MR) is 80.9 cm³/mol. The molecule has 0 saturated carbocycles. The number of hydrogen-bond donors (Lipinski definition) is 2. The summed E-state index contributed by atoms with van der Waals surface area (Å²) in [5, 5.41) is 7.06. The molecule has 4 nitrogen and oxygen atoms in total. The number of hydrogen-bond acceptors (Lipinski definition) is 3. The average Bonchev–Trinajstić information content (AvgIpc) is 3.00. The molecule has 0 fully saturated rings. The number of carbonyl (C=O) groups is 2. The molecule has 2 rings (SSSR count). The van der Waals surface area contributed by atoms with E-state index < -0.39 is 5.82 Å². The van der Waals surface area contributed by atoms with Crippen molar-refractivity contribution in [1.29, 1.82) is 0 Å². The summed E-state index contributed by atoms with van der Waals surface area (Å²) >= 11 is 1.37. The van der Waals surface area contributed by atoms with Crippen molar-refractivity contribution in [2.75, 3.05) is 11.9 Å². The summed E-state index contributed by atoms with van der Waals surface area (Å²) in [5.74, 6) is -0.873. The fourth-order valence-corrected chi connectivity index (χ4v) is 2.36. The van der Waals surface area contributed by atoms with E-state index in [2.05, 4.69) is 10.6 Å². The third kappa shape index (κ3) is 4.68. The number of anilines is 1. The maximum atomic E-state index is 13.3. The molecule has 6 heteroatoms. The van der Waals surface area contributed by atoms with Gasteiger partial charge in [-0.3, -0.25) is 9.59 Å². The lowest BCUT2D eigenvalue weighted by Gasteiger charge is -2.06. The van der Waals surface area contributed by atoms with Crippen LogP contribution in [0.5, 0.6) is 0 Å². The Morgan fingerprint density at radius 1 is 1.14 bits per heavy atom. The Hall–Kier alpha value is -2.21. The van der Waals surface area contributed by atoms with Crippen molar-refractivity contribution in [2.45, 2.75) is 12.8 Å². The van der Waals surface area contributed by atoms with E-state index in [4.69, 9.17) is 0 Å². The smallest absolute Gasteiger partial charge is 0.261 e. The normalized spacial score (nSPS) is 10.1. The van der Waals surface area contributed by atoms with Crippen molar-refractivity contribution in [1.82, 2.24) is 5.32 Å². The van der Waals surface area contributed by atoms with Crippen LogP contribution in [0.15, 0.2) is 41.8 Å². The Balaban J connectivity index is 1.68. The number of halogens is 1. The van der Waals surface area contributed by atoms with E-state index in [1.165, 1.54) is 23.5 Å². The van der Waals surface area contributed by atoms with Crippen LogP contribution in [0.1, 0.15) is 22.5 Å². The summed E-state index contributed by atoms with van der Waals surface area (Å²) in [4.78, 5) is 23.9. The van der Waals surface area contributed by atoms with Gasteiger partial charge in [0.15, 0.2) is 0 Å². The van der Waals surface area contributed by atoms with Crippen LogP contribution >= 0.6 is 11.3 Å². The first-order chi connectivity index (χ1) is 10.2. The van der Waals surface area contributed by atoms with Crippen LogP contribution in [0, 0.1) is 5.82 Å². The monoisotopic (exact) mass is 306 g/mol. The highest BCUT2D eigenvalue weighted by molar-refractivity contribution is 7.12. The highest BCUT2D eigenvalue weighted by atomic mass is 32.1. The van der Waals surface area contributed by atoms with Gasteiger partial charge >= 0.3 is 0 Å². The first kappa shape index (κ1) is 15.2. The standard InChI is InChI=1S/C15H15FN2O2S/c16-11-5-1-2-6-12(11)18-14(19)8-3-9-17-15(20)13-7-4-10-21-13/h1-2,4-7,10H,3,8-9H2,(H,17,20)(H,18,19). The van der Waals surface area contributed by atoms with E-state index in [0.717, 1.165) is 0 Å². The van der Waals surface area contributed by atoms with Gasteiger partial charge in [0.2, 0.25) is 5.91 Å². The lowest BCUT2D eigenvalue weighted by molar-refractivity contribution is -0.116. The van der Waals surface area contributed by atoms with Crippen LogP contribution in [0.3, 0.4) is 0 Å². The van der Waals surface area contributed by atoms with Crippen molar-refractivity contribution in [3.8, 4) is 0 Å². The quantitative estimate of drug-likeness (QED) is 0.806. The first-order valence-electron chi connectivity index (χ1n) is 6.53. The number of carbonyl (C=O) groups excluding carboxylic acids is 2. The van der Waals surface area contributed by atoms with Gasteiger partial charge in [0, 0.05) is 13.0 Å². The summed E-state index contributed by atoms with van der Waals surface area (Å²) in [6, 6.07) is 9.56. The molecule has 0 unspecified atom stereocenters. The second-order valence-corrected chi connectivity index (χ2v) is 5.31. The number of amides is 2. The fourth-order valence-electron chi connectivity index (χ4n) is 1.72. The van der Waals surface area contributed by atoms with Crippen LogP contribution in [0.4, 0.5) is 10.1 Å². The highest BCUT2D eigenvalue weighted by Gasteiger charge is 2.08. The van der Waals surface area contributed by atoms with Crippen molar-refractivity contribution in [2.24, 2.45) is 0 Å². The van der Waals surface area contributed by atoms with Crippen molar-refractivity contribution >= 4 is 28.8 Å². The SMILES string of the molecule is O=C(CCCNC(=O)c1cccs1)Nc1ccccc1F. The van der Waals surface area contributed by atoms with Crippen molar-refractivity contribution < 1.29 is 14.0 Å². The molecular formula is C15H15FN2O2S. The molecule has 1 aromatic carbocycles. The molecule has 1 heterocycles. The average molecular weight is 306 g/mol. The molecule has 21 heavy (non-hydrogen) atoms. The Morgan fingerprint density at radius 2 is 1.95 bits per heavy atom. The minimum absolute atomic E-state index is 0.139. The topological polar surface area (TPSA) is 58.2 Å². The number of para-hydroxylation sites is 1. The van der Waals surface area contributed by atoms with Crippen molar-refractivity contribution in [3.63, 3.8) is 0 Å². The van der Waals surface area contributed by atoms with Crippen LogP contribution in [0.25, 0.3) is 0 Å². The van der Waals surface area contributed by atoms with Crippen LogP contribution in [0.2, 0.25) is 0 Å². The zero-order valence-electron chi connectivity index (χ0n) is 11.3. The van der Waals surface area contributed by atoms with Gasteiger partial charge in [-0.25, -0.2) is 4.39 Å². The van der Waals surface area contributed by atoms with Crippen LogP contribution in [-0.4, -0.2) is 18.4 Å². The second kappa shape index (κ2) is 7.54. The predicted octanol–water partition coefficient (Wildman–Crippen LogP) is 3.04. The number of thiophene rings is 1. The molecular weight excluding hydrogens is 291 g/mol. The lowest BCUT2D eigenvalue weighted by atomic mass is 10.2. The van der Waals surface area contributed by atoms with Gasteiger partial charge in [-0.2, -0.15) is 0 Å². The summed E-state index contributed by atoms with van der Waals surface area (Å²) in [6.07, 6.45) is 0.719. The zero-order valence-corrected chi connectivity index (χ0v) is 12.1. The third-order valence-electron chi connectivity index (χ3n) is 2.76. The Bertz CT molecular complexity index is 614. The van der Waals surface area contributed by atoms with Gasteiger partial charge in [0.1, 0.15) is 5.82 Å². The third-order valence-corrected chi connectivity index (χ3v) is 3.63. The van der Waals surface area contributed by atoms with Gasteiger partial charge in [-0.15, -0.1) is 11.3 Å². The zero-order chi connectivity index (χ0) is 15.1. The number of benzene rings is 1. The van der Waals surface area contributed by atoms with Crippen molar-refractivity contribution in [3.05, 3.63) is 52.5 Å². The first-order valence-corrected chi connectivity index (χ1v) is 7.41. The Kier molecular flexibility index (Phi) is 5.45. The van der Waals surface area contributed by atoms with Crippen LogP contribution in [-0.2, 0) is 4.79 Å². The molecule has 0 aliphatic carbocycles. The largest absolute Gasteiger partial charge is 0.351 e. The highest BCUT2D eigenvalue weighted by Crippen LogP contribution is 2.12. The van der Waals surface area contributed by atoms with E-state index in [0.29, 0.717) is 17.8 Å². The van der Waals surface area contributed by atoms with E-state index >= 15 is 0 Å². The van der Waals surface area contributed by atoms with Crippen LogP contribution < -0.4 is 10.6 Å². The lowest BCUT2D eigenvalue weighted by Crippen LogP contribution is -2.24. The molecule has 0 spiro atoms. The molecule has 2 aromatic rings. The maximum absolute atomic E-state index is 13.3. The summed E-state index contributed by atoms with van der Waals surface area (Å²) < 4.78 is 13.3. The molecule has 0 aliphatic heterocycles. The van der Waals surface area contributed by atoms with E-state index in [-0.39, 0.29) is 23.9 Å². The molecule has 0 saturated heterocycles. The van der Waals surface area contributed by atoms with E-state index in [9.17, 15) is 14.0 Å². The van der Waals surface area contributed by atoms with Gasteiger partial charge in [0.05, 0.1) is 10.6 Å². The second-order valence-electron chi connectivity index (χ2n) is 4.36. The number of rotatable bonds is 6. The van der Waals surface area contributed by atoms with Gasteiger partial charge < -0.3 is 10.6 Å². The molecule has 110 valence electrons. The molecule has 0 atom stereocenters. The number of nitrogens with one attached hydrogen (secondary N) is 2.